The molecule has 0 fully saturated rings. The molecule has 2 aromatic carbocycles. The number of benzene rings is 2. The lowest BCUT2D eigenvalue weighted by Crippen LogP contribution is -2.05. The number of aromatic nitrogens is 2. The minimum absolute atomic E-state index is 0.982. The van der Waals surface area contributed by atoms with Crippen LogP contribution in [0.25, 0.3) is 16.9 Å². The van der Waals surface area contributed by atoms with Crippen molar-refractivity contribution in [1.82, 2.24) is 9.78 Å². The van der Waals surface area contributed by atoms with E-state index in [0.717, 1.165) is 30.2 Å². The molecule has 3 heteroatoms. The molecule has 4 rings (SSSR count). The van der Waals surface area contributed by atoms with Crippen LogP contribution in [0.4, 0.5) is 5.82 Å². The molecule has 122 valence electrons. The van der Waals surface area contributed by atoms with E-state index in [2.05, 4.69) is 74.1 Å². The molecule has 0 aliphatic carbocycles. The van der Waals surface area contributed by atoms with Crippen LogP contribution in [0.15, 0.2) is 36.4 Å². The van der Waals surface area contributed by atoms with Crippen LogP contribution in [0.1, 0.15) is 27.8 Å². The third-order valence-corrected chi connectivity index (χ3v) is 4.73. The topological polar surface area (TPSA) is 29.9 Å². The van der Waals surface area contributed by atoms with Crippen LogP contribution in [-0.2, 0) is 6.42 Å². The maximum Gasteiger partial charge on any atom is 0.133 e. The van der Waals surface area contributed by atoms with Gasteiger partial charge in [0.25, 0.3) is 0 Å². The Kier molecular flexibility index (Phi) is 3.45. The molecule has 1 N–H and O–H groups in total. The zero-order valence-corrected chi connectivity index (χ0v) is 14.8. The highest BCUT2D eigenvalue weighted by Crippen LogP contribution is 2.35. The van der Waals surface area contributed by atoms with Crippen molar-refractivity contribution in [3.8, 4) is 16.9 Å². The molecule has 0 radical (unpaired) electrons. The summed E-state index contributed by atoms with van der Waals surface area (Å²) < 4.78 is 2.09. The quantitative estimate of drug-likeness (QED) is 0.740. The summed E-state index contributed by atoms with van der Waals surface area (Å²) in [5, 5.41) is 8.53. The van der Waals surface area contributed by atoms with Crippen molar-refractivity contribution >= 4 is 5.82 Å². The van der Waals surface area contributed by atoms with E-state index in [0.29, 0.717) is 0 Å². The van der Waals surface area contributed by atoms with Gasteiger partial charge >= 0.3 is 0 Å². The summed E-state index contributed by atoms with van der Waals surface area (Å²) in [6.45, 7) is 9.56. The lowest BCUT2D eigenvalue weighted by atomic mass is 10.0. The number of hydrogen-bond acceptors (Lipinski definition) is 2. The molecule has 0 atom stereocenters. The van der Waals surface area contributed by atoms with Gasteiger partial charge in [-0.25, -0.2) is 4.68 Å². The van der Waals surface area contributed by atoms with Crippen molar-refractivity contribution in [2.24, 2.45) is 0 Å². The van der Waals surface area contributed by atoms with Crippen LogP contribution in [0.2, 0.25) is 0 Å². The average Bonchev–Trinajstić information content (AvgIpc) is 3.09. The van der Waals surface area contributed by atoms with Gasteiger partial charge in [0.2, 0.25) is 0 Å². The van der Waals surface area contributed by atoms with E-state index in [-0.39, 0.29) is 0 Å². The zero-order valence-electron chi connectivity index (χ0n) is 14.8. The second kappa shape index (κ2) is 5.52. The normalized spacial score (nSPS) is 13.0. The smallest absolute Gasteiger partial charge is 0.133 e. The predicted octanol–water partition coefficient (Wildman–Crippen LogP) is 4.74. The Morgan fingerprint density at radius 2 is 1.67 bits per heavy atom. The van der Waals surface area contributed by atoms with Crippen molar-refractivity contribution in [3.63, 3.8) is 0 Å². The lowest BCUT2D eigenvalue weighted by molar-refractivity contribution is 0.874. The van der Waals surface area contributed by atoms with Gasteiger partial charge in [0.1, 0.15) is 5.82 Å². The molecule has 0 spiro atoms. The van der Waals surface area contributed by atoms with Crippen LogP contribution in [0.5, 0.6) is 0 Å². The van der Waals surface area contributed by atoms with E-state index in [1.807, 2.05) is 0 Å². The Labute approximate surface area is 143 Å². The minimum atomic E-state index is 0.982. The molecular weight excluding hydrogens is 294 g/mol. The summed E-state index contributed by atoms with van der Waals surface area (Å²) in [5.41, 5.74) is 9.92. The van der Waals surface area contributed by atoms with E-state index in [1.54, 1.807) is 0 Å². The Bertz CT molecular complexity index is 914. The maximum absolute atomic E-state index is 5.00. The molecule has 1 aromatic heterocycles. The third kappa shape index (κ3) is 2.41. The minimum Gasteiger partial charge on any atom is -0.369 e. The summed E-state index contributed by atoms with van der Waals surface area (Å²) in [6, 6.07) is 13.2. The Morgan fingerprint density at radius 1 is 0.917 bits per heavy atom. The maximum atomic E-state index is 5.00. The molecular formula is C21H23N3. The van der Waals surface area contributed by atoms with Crippen LogP contribution >= 0.6 is 0 Å². The van der Waals surface area contributed by atoms with Crippen LogP contribution in [-0.4, -0.2) is 16.3 Å². The van der Waals surface area contributed by atoms with Crippen LogP contribution in [0, 0.1) is 27.7 Å². The fourth-order valence-electron chi connectivity index (χ4n) is 3.74. The molecule has 0 amide bonds. The van der Waals surface area contributed by atoms with Gasteiger partial charge < -0.3 is 5.32 Å². The first-order valence-corrected chi connectivity index (χ1v) is 8.55. The van der Waals surface area contributed by atoms with Crippen molar-refractivity contribution in [1.29, 1.82) is 0 Å². The molecule has 2 heterocycles. The van der Waals surface area contributed by atoms with Crippen molar-refractivity contribution in [2.75, 3.05) is 11.9 Å². The number of aryl methyl sites for hydroxylation is 4. The third-order valence-electron chi connectivity index (χ3n) is 4.73. The van der Waals surface area contributed by atoms with Crippen molar-refractivity contribution < 1.29 is 0 Å². The summed E-state index contributed by atoms with van der Waals surface area (Å²) in [4.78, 5) is 0. The van der Waals surface area contributed by atoms with E-state index in [1.165, 1.54) is 33.4 Å². The Hall–Kier alpha value is -2.55. The highest BCUT2D eigenvalue weighted by Gasteiger charge is 2.24. The van der Waals surface area contributed by atoms with Gasteiger partial charge in [-0.2, -0.15) is 5.10 Å². The summed E-state index contributed by atoms with van der Waals surface area (Å²) in [5.74, 6) is 1.15. The molecule has 0 saturated heterocycles. The molecule has 0 bridgehead atoms. The second-order valence-electron chi connectivity index (χ2n) is 6.93. The number of nitrogens with one attached hydrogen (secondary N) is 1. The second-order valence-corrected chi connectivity index (χ2v) is 6.93. The number of anilines is 1. The first kappa shape index (κ1) is 15.0. The molecule has 0 unspecified atom stereocenters. The SMILES string of the molecule is Cc1cc(C)cc(-c2nn(-c3ccc(C)cc3C)c3c2CCN3)c1. The molecule has 1 aliphatic heterocycles. The van der Waals surface area contributed by atoms with Crippen LogP contribution < -0.4 is 5.32 Å². The van der Waals surface area contributed by atoms with E-state index < -0.39 is 0 Å². The number of hydrogen-bond donors (Lipinski definition) is 1. The van der Waals surface area contributed by atoms with Gasteiger partial charge in [-0.15, -0.1) is 0 Å². The first-order valence-electron chi connectivity index (χ1n) is 8.55. The average molecular weight is 317 g/mol. The first-order chi connectivity index (χ1) is 11.5. The molecule has 0 saturated carbocycles. The van der Waals surface area contributed by atoms with E-state index in [4.69, 9.17) is 5.10 Å². The van der Waals surface area contributed by atoms with E-state index >= 15 is 0 Å². The molecule has 24 heavy (non-hydrogen) atoms. The monoisotopic (exact) mass is 317 g/mol. The van der Waals surface area contributed by atoms with Gasteiger partial charge in [0.05, 0.1) is 11.4 Å². The summed E-state index contributed by atoms with van der Waals surface area (Å²) >= 11 is 0. The molecule has 1 aliphatic rings. The largest absolute Gasteiger partial charge is 0.369 e. The van der Waals surface area contributed by atoms with Crippen LogP contribution in [0.3, 0.4) is 0 Å². The van der Waals surface area contributed by atoms with Gasteiger partial charge in [-0.3, -0.25) is 0 Å². The fourth-order valence-corrected chi connectivity index (χ4v) is 3.74. The molecule has 3 aromatic rings. The van der Waals surface area contributed by atoms with Crippen molar-refractivity contribution in [2.45, 2.75) is 34.1 Å². The Morgan fingerprint density at radius 3 is 2.38 bits per heavy atom. The molecule has 3 nitrogen and oxygen atoms in total. The van der Waals surface area contributed by atoms with Crippen molar-refractivity contribution in [3.05, 3.63) is 64.2 Å². The standard InChI is InChI=1S/C21H23N3/c1-13-5-6-19(16(4)10-13)24-21-18(7-8-22-21)20(23-24)17-11-14(2)9-15(3)12-17/h5-6,9-12,22H,7-8H2,1-4H3. The number of fused-ring (bicyclic) bond motifs is 1. The van der Waals surface area contributed by atoms with Gasteiger partial charge in [-0.05, 0) is 57.9 Å². The van der Waals surface area contributed by atoms with Gasteiger partial charge in [0, 0.05) is 17.7 Å². The number of nitrogens with zero attached hydrogens (tertiary/aromatic N) is 2. The summed E-state index contributed by atoms with van der Waals surface area (Å²) in [7, 11) is 0. The fraction of sp³-hybridized carbons (Fsp3) is 0.286. The van der Waals surface area contributed by atoms with E-state index in [9.17, 15) is 0 Å². The number of rotatable bonds is 2. The summed E-state index contributed by atoms with van der Waals surface area (Å²) in [6.07, 6.45) is 1.03. The Balaban J connectivity index is 1.92. The highest BCUT2D eigenvalue weighted by atomic mass is 15.3. The lowest BCUT2D eigenvalue weighted by Gasteiger charge is -2.10. The predicted molar refractivity (Wildman–Crippen MR) is 100 cm³/mol. The zero-order chi connectivity index (χ0) is 16.8. The van der Waals surface area contributed by atoms with Gasteiger partial charge in [-0.1, -0.05) is 34.9 Å². The van der Waals surface area contributed by atoms with Gasteiger partial charge in [0.15, 0.2) is 0 Å². The highest BCUT2D eigenvalue weighted by molar-refractivity contribution is 5.74.